The molecule has 3 rings (SSSR count). The predicted molar refractivity (Wildman–Crippen MR) is 132 cm³/mol. The molecule has 0 fully saturated rings. The summed E-state index contributed by atoms with van der Waals surface area (Å²) in [5.74, 6) is -1.91. The number of aryl methyl sites for hydroxylation is 1. The summed E-state index contributed by atoms with van der Waals surface area (Å²) in [7, 11) is 0. The molecule has 3 aromatic rings. The third-order valence-corrected chi connectivity index (χ3v) is 5.44. The number of benzene rings is 3. The van der Waals surface area contributed by atoms with Gasteiger partial charge < -0.3 is 14.6 Å². The minimum Gasteiger partial charge on any atom is -0.459 e. The third-order valence-electron chi connectivity index (χ3n) is 5.00. The summed E-state index contributed by atoms with van der Waals surface area (Å²) in [4.78, 5) is 12.6. The summed E-state index contributed by atoms with van der Waals surface area (Å²) in [6, 6.07) is 23.1. The van der Waals surface area contributed by atoms with Crippen LogP contribution in [0, 0.1) is 0 Å². The first-order valence-electron chi connectivity index (χ1n) is 10.9. The van der Waals surface area contributed by atoms with Gasteiger partial charge in [0.25, 0.3) is 0 Å². The minimum absolute atomic E-state index is 0.167. The highest BCUT2D eigenvalue weighted by atomic mass is 35.5. The zero-order valence-corrected chi connectivity index (χ0v) is 20.3. The van der Waals surface area contributed by atoms with E-state index in [2.05, 4.69) is 0 Å². The van der Waals surface area contributed by atoms with E-state index in [9.17, 15) is 9.90 Å². The zero-order chi connectivity index (χ0) is 23.8. The van der Waals surface area contributed by atoms with Gasteiger partial charge >= 0.3 is 5.97 Å². The van der Waals surface area contributed by atoms with Crippen LogP contribution in [0.5, 0.6) is 0 Å². The van der Waals surface area contributed by atoms with E-state index in [1.54, 1.807) is 6.07 Å². The molecule has 33 heavy (non-hydrogen) atoms. The Bertz CT molecular complexity index is 1020. The molecule has 0 aliphatic rings. The van der Waals surface area contributed by atoms with Gasteiger partial charge in [0.1, 0.15) is 6.61 Å². The first-order chi connectivity index (χ1) is 15.7. The highest BCUT2D eigenvalue weighted by molar-refractivity contribution is 6.35. The molecule has 0 aliphatic carbocycles. The van der Waals surface area contributed by atoms with Crippen molar-refractivity contribution in [2.45, 2.75) is 51.6 Å². The molecule has 3 aromatic carbocycles. The third kappa shape index (κ3) is 8.49. The van der Waals surface area contributed by atoms with Crippen molar-refractivity contribution in [3.8, 4) is 11.1 Å². The summed E-state index contributed by atoms with van der Waals surface area (Å²) in [6.07, 6.45) is 1.04. The second kappa shape index (κ2) is 11.7. The second-order valence-corrected chi connectivity index (χ2v) is 9.27. The number of ether oxygens (including phenoxy) is 2. The van der Waals surface area contributed by atoms with Crippen molar-refractivity contribution < 1.29 is 19.4 Å². The van der Waals surface area contributed by atoms with Gasteiger partial charge in [-0.2, -0.15) is 0 Å². The number of esters is 1. The number of carbonyl (C=O) groups is 1. The van der Waals surface area contributed by atoms with E-state index in [4.69, 9.17) is 32.7 Å². The average Bonchev–Trinajstić information content (AvgIpc) is 2.76. The van der Waals surface area contributed by atoms with Crippen LogP contribution in [0.1, 0.15) is 37.8 Å². The molecular formula is C27H28Cl2O4. The van der Waals surface area contributed by atoms with Crippen molar-refractivity contribution >= 4 is 29.2 Å². The molecule has 0 aromatic heterocycles. The molecule has 0 amide bonds. The molecule has 1 N–H and O–H groups in total. The predicted octanol–water partition coefficient (Wildman–Crippen LogP) is 6.84. The molecule has 6 heteroatoms. The van der Waals surface area contributed by atoms with Crippen LogP contribution in [0.4, 0.5) is 0 Å². The molecular weight excluding hydrogens is 459 g/mol. The molecule has 0 heterocycles. The first-order valence-corrected chi connectivity index (χ1v) is 11.6. The molecule has 4 nitrogen and oxygen atoms in total. The van der Waals surface area contributed by atoms with E-state index >= 15 is 0 Å². The summed E-state index contributed by atoms with van der Waals surface area (Å²) >= 11 is 12.2. The van der Waals surface area contributed by atoms with Gasteiger partial charge in [0.05, 0.1) is 0 Å². The number of rotatable bonds is 10. The lowest BCUT2D eigenvalue weighted by molar-refractivity contribution is -0.219. The largest absolute Gasteiger partial charge is 0.459 e. The fraction of sp³-hybridized carbons (Fsp3) is 0.296. The Morgan fingerprint density at radius 1 is 0.909 bits per heavy atom. The van der Waals surface area contributed by atoms with Gasteiger partial charge in [0, 0.05) is 10.0 Å². The molecule has 0 saturated carbocycles. The van der Waals surface area contributed by atoms with Crippen LogP contribution in [-0.4, -0.2) is 23.0 Å². The van der Waals surface area contributed by atoms with Gasteiger partial charge in [0.2, 0.25) is 0 Å². The molecule has 0 aliphatic heterocycles. The maximum Gasteiger partial charge on any atom is 0.335 e. The molecule has 0 radical (unpaired) electrons. The molecule has 1 unspecified atom stereocenters. The lowest BCUT2D eigenvalue weighted by atomic mass is 10.0. The summed E-state index contributed by atoms with van der Waals surface area (Å²) < 4.78 is 11.0. The van der Waals surface area contributed by atoms with Crippen molar-refractivity contribution in [3.63, 3.8) is 0 Å². The summed E-state index contributed by atoms with van der Waals surface area (Å²) in [5, 5.41) is 11.3. The monoisotopic (exact) mass is 486 g/mol. The van der Waals surface area contributed by atoms with Crippen LogP contribution in [-0.2, 0) is 27.3 Å². The van der Waals surface area contributed by atoms with Crippen molar-refractivity contribution in [2.75, 3.05) is 0 Å². The number of hydrogen-bond donors (Lipinski definition) is 1. The van der Waals surface area contributed by atoms with Gasteiger partial charge in [-0.05, 0) is 73.6 Å². The number of hydrogen-bond acceptors (Lipinski definition) is 4. The van der Waals surface area contributed by atoms with Crippen molar-refractivity contribution in [3.05, 3.63) is 94.0 Å². The Morgan fingerprint density at radius 2 is 1.55 bits per heavy atom. The van der Waals surface area contributed by atoms with Crippen LogP contribution < -0.4 is 0 Å². The summed E-state index contributed by atoms with van der Waals surface area (Å²) in [5.41, 5.74) is 4.01. The maximum atomic E-state index is 12.6. The lowest BCUT2D eigenvalue weighted by Gasteiger charge is -2.25. The Labute approximate surface area is 205 Å². The van der Waals surface area contributed by atoms with E-state index in [0.717, 1.165) is 28.7 Å². The van der Waals surface area contributed by atoms with E-state index in [-0.39, 0.29) is 6.61 Å². The molecule has 174 valence electrons. The van der Waals surface area contributed by atoms with Crippen LogP contribution in [0.3, 0.4) is 0 Å². The van der Waals surface area contributed by atoms with Crippen LogP contribution in [0.25, 0.3) is 11.1 Å². The Kier molecular flexibility index (Phi) is 8.93. The van der Waals surface area contributed by atoms with Gasteiger partial charge in [-0.15, -0.1) is 0 Å². The fourth-order valence-electron chi connectivity index (χ4n) is 3.47. The van der Waals surface area contributed by atoms with Crippen LogP contribution in [0.15, 0.2) is 72.8 Å². The normalized spacial score (nSPS) is 12.4. The van der Waals surface area contributed by atoms with E-state index in [0.29, 0.717) is 22.9 Å². The number of halogens is 2. The maximum absolute atomic E-state index is 12.6. The van der Waals surface area contributed by atoms with Crippen molar-refractivity contribution in [2.24, 2.45) is 0 Å². The molecule has 0 saturated heterocycles. The fourth-order valence-corrected chi connectivity index (χ4v) is 4.00. The van der Waals surface area contributed by atoms with Gasteiger partial charge in [-0.3, -0.25) is 0 Å². The van der Waals surface area contributed by atoms with Crippen LogP contribution in [0.2, 0.25) is 10.0 Å². The molecule has 0 bridgehead atoms. The van der Waals surface area contributed by atoms with Crippen molar-refractivity contribution in [1.29, 1.82) is 0 Å². The highest BCUT2D eigenvalue weighted by Gasteiger charge is 2.27. The summed E-state index contributed by atoms with van der Waals surface area (Å²) in [6.45, 7) is 3.18. The number of carbonyl (C=O) groups excluding carboxylic acids is 1. The van der Waals surface area contributed by atoms with Crippen molar-refractivity contribution in [1.82, 2.24) is 0 Å². The molecule has 0 spiro atoms. The smallest absolute Gasteiger partial charge is 0.335 e. The van der Waals surface area contributed by atoms with Gasteiger partial charge in [-0.25, -0.2) is 4.79 Å². The standard InChI is InChI=1S/C27H28Cl2O4/c1-27(2,31)33-25(26(30)32-18-20-7-4-3-5-8-20)10-6-9-19-11-13-21(14-12-19)22-15-23(28)17-24(29)16-22/h3-5,7-8,11-17,25,31H,6,9-10,18H2,1-2H3. The highest BCUT2D eigenvalue weighted by Crippen LogP contribution is 2.27. The Hall–Kier alpha value is -2.37. The SMILES string of the molecule is CC(C)(O)OC(CCCc1ccc(-c2cc(Cl)cc(Cl)c2)cc1)C(=O)OCc1ccccc1. The Morgan fingerprint density at radius 3 is 2.15 bits per heavy atom. The van der Waals surface area contributed by atoms with Gasteiger partial charge in [0.15, 0.2) is 11.9 Å². The van der Waals surface area contributed by atoms with Gasteiger partial charge in [-0.1, -0.05) is 77.8 Å². The molecule has 1 atom stereocenters. The van der Waals surface area contributed by atoms with Crippen LogP contribution >= 0.6 is 23.2 Å². The van der Waals surface area contributed by atoms with E-state index in [1.165, 1.54) is 13.8 Å². The number of aliphatic hydroxyl groups is 1. The quantitative estimate of drug-likeness (QED) is 0.251. The topological polar surface area (TPSA) is 55.8 Å². The average molecular weight is 487 g/mol. The zero-order valence-electron chi connectivity index (χ0n) is 18.8. The lowest BCUT2D eigenvalue weighted by Crippen LogP contribution is -2.36. The van der Waals surface area contributed by atoms with E-state index < -0.39 is 17.9 Å². The minimum atomic E-state index is -1.43. The van der Waals surface area contributed by atoms with E-state index in [1.807, 2.05) is 66.7 Å². The second-order valence-electron chi connectivity index (χ2n) is 8.39. The first kappa shape index (κ1) is 25.3. The Balaban J connectivity index is 1.57.